The maximum Gasteiger partial charge on any atom is 0.347 e. The standard InChI is InChI=1S/C22H26N2O6S/c1-17(30-19-8-4-2-5-9-19)22(26)29-16-21(25)23-18-10-12-20(13-11-18)31(27,28)24-14-6-3-7-15-24/h2,4-5,8-13,17H,3,6-7,14-16H2,1H3,(H,23,25). The minimum atomic E-state index is -3.53. The van der Waals surface area contributed by atoms with E-state index in [9.17, 15) is 18.0 Å². The first-order valence-corrected chi connectivity index (χ1v) is 11.6. The Balaban J connectivity index is 1.48. The fraction of sp³-hybridized carbons (Fsp3) is 0.364. The second-order valence-electron chi connectivity index (χ2n) is 7.22. The van der Waals surface area contributed by atoms with Crippen molar-refractivity contribution in [2.24, 2.45) is 0 Å². The number of nitrogens with zero attached hydrogens (tertiary/aromatic N) is 1. The number of nitrogens with one attached hydrogen (secondary N) is 1. The van der Waals surface area contributed by atoms with Crippen molar-refractivity contribution in [3.63, 3.8) is 0 Å². The molecule has 3 rings (SSSR count). The molecule has 0 aromatic heterocycles. The number of benzene rings is 2. The highest BCUT2D eigenvalue weighted by Gasteiger charge is 2.25. The fourth-order valence-electron chi connectivity index (χ4n) is 3.17. The van der Waals surface area contributed by atoms with Gasteiger partial charge in [-0.1, -0.05) is 24.6 Å². The van der Waals surface area contributed by atoms with Crippen LogP contribution in [0, 0.1) is 0 Å². The van der Waals surface area contributed by atoms with Crippen molar-refractivity contribution < 1.29 is 27.5 Å². The second kappa shape index (κ2) is 10.4. The van der Waals surface area contributed by atoms with Crippen LogP contribution in [0.3, 0.4) is 0 Å². The van der Waals surface area contributed by atoms with Gasteiger partial charge in [0, 0.05) is 18.8 Å². The van der Waals surface area contributed by atoms with Crippen LogP contribution in [0.15, 0.2) is 59.5 Å². The van der Waals surface area contributed by atoms with Crippen LogP contribution < -0.4 is 10.1 Å². The Morgan fingerprint density at radius 1 is 1.00 bits per heavy atom. The van der Waals surface area contributed by atoms with Gasteiger partial charge in [-0.05, 0) is 56.2 Å². The summed E-state index contributed by atoms with van der Waals surface area (Å²) < 4.78 is 37.3. The molecule has 31 heavy (non-hydrogen) atoms. The molecule has 2 aromatic rings. The molecule has 1 aliphatic rings. The van der Waals surface area contributed by atoms with E-state index in [4.69, 9.17) is 9.47 Å². The van der Waals surface area contributed by atoms with Crippen molar-refractivity contribution in [2.45, 2.75) is 37.2 Å². The Morgan fingerprint density at radius 2 is 1.65 bits per heavy atom. The number of hydrogen-bond acceptors (Lipinski definition) is 6. The van der Waals surface area contributed by atoms with Gasteiger partial charge < -0.3 is 14.8 Å². The molecule has 1 fully saturated rings. The van der Waals surface area contributed by atoms with Gasteiger partial charge in [0.2, 0.25) is 10.0 Å². The van der Waals surface area contributed by atoms with Crippen LogP contribution in [0.4, 0.5) is 5.69 Å². The maximum atomic E-state index is 12.7. The Bertz CT molecular complexity index is 986. The molecule has 1 N–H and O–H groups in total. The highest BCUT2D eigenvalue weighted by molar-refractivity contribution is 7.89. The number of carbonyl (C=O) groups is 2. The largest absolute Gasteiger partial charge is 0.479 e. The van der Waals surface area contributed by atoms with Crippen LogP contribution in [0.25, 0.3) is 0 Å². The first kappa shape index (κ1) is 22.8. The molecule has 1 atom stereocenters. The Kier molecular flexibility index (Phi) is 7.64. The van der Waals surface area contributed by atoms with Crippen LogP contribution in [0.5, 0.6) is 5.75 Å². The van der Waals surface area contributed by atoms with Crippen molar-refractivity contribution >= 4 is 27.6 Å². The fourth-order valence-corrected chi connectivity index (χ4v) is 4.68. The average Bonchev–Trinajstić information content (AvgIpc) is 2.79. The number of piperidine rings is 1. The topological polar surface area (TPSA) is 102 Å². The Morgan fingerprint density at radius 3 is 2.29 bits per heavy atom. The van der Waals surface area contributed by atoms with E-state index in [1.165, 1.54) is 35.5 Å². The summed E-state index contributed by atoms with van der Waals surface area (Å²) in [5.41, 5.74) is 0.409. The summed E-state index contributed by atoms with van der Waals surface area (Å²) >= 11 is 0. The summed E-state index contributed by atoms with van der Waals surface area (Å²) in [7, 11) is -3.53. The summed E-state index contributed by atoms with van der Waals surface area (Å²) in [5.74, 6) is -0.676. The van der Waals surface area contributed by atoms with Gasteiger partial charge in [-0.25, -0.2) is 13.2 Å². The summed E-state index contributed by atoms with van der Waals surface area (Å²) in [6.07, 6.45) is 1.90. The molecular weight excluding hydrogens is 420 g/mol. The smallest absolute Gasteiger partial charge is 0.347 e. The molecule has 9 heteroatoms. The molecule has 1 heterocycles. The van der Waals surface area contributed by atoms with Gasteiger partial charge in [-0.2, -0.15) is 4.31 Å². The van der Waals surface area contributed by atoms with E-state index in [-0.39, 0.29) is 4.90 Å². The summed E-state index contributed by atoms with van der Waals surface area (Å²) in [6.45, 7) is 2.11. The predicted molar refractivity (Wildman–Crippen MR) is 115 cm³/mol. The SMILES string of the molecule is CC(Oc1ccccc1)C(=O)OCC(=O)Nc1ccc(S(=O)(=O)N2CCCCC2)cc1. The summed E-state index contributed by atoms with van der Waals surface area (Å²) in [5, 5.41) is 2.58. The number of esters is 1. The number of carbonyl (C=O) groups excluding carboxylic acids is 2. The van der Waals surface area contributed by atoms with Crippen LogP contribution in [0.2, 0.25) is 0 Å². The van der Waals surface area contributed by atoms with Crippen LogP contribution in [-0.2, 0) is 24.3 Å². The lowest BCUT2D eigenvalue weighted by Gasteiger charge is -2.25. The zero-order valence-electron chi connectivity index (χ0n) is 17.3. The van der Waals surface area contributed by atoms with E-state index in [1.807, 2.05) is 6.07 Å². The molecule has 1 unspecified atom stereocenters. The molecule has 8 nitrogen and oxygen atoms in total. The number of ether oxygens (including phenoxy) is 2. The van der Waals surface area contributed by atoms with Crippen molar-refractivity contribution in [3.8, 4) is 5.75 Å². The molecular formula is C22H26N2O6S. The highest BCUT2D eigenvalue weighted by Crippen LogP contribution is 2.22. The minimum absolute atomic E-state index is 0.186. The quantitative estimate of drug-likeness (QED) is 0.626. The molecule has 1 aliphatic heterocycles. The summed E-state index contributed by atoms with van der Waals surface area (Å²) in [6, 6.07) is 14.8. The maximum absolute atomic E-state index is 12.7. The first-order chi connectivity index (χ1) is 14.9. The second-order valence-corrected chi connectivity index (χ2v) is 9.16. The third-order valence-corrected chi connectivity index (χ3v) is 6.74. The number of amides is 1. The van der Waals surface area contributed by atoms with E-state index >= 15 is 0 Å². The number of rotatable bonds is 8. The van der Waals surface area contributed by atoms with Crippen molar-refractivity contribution in [3.05, 3.63) is 54.6 Å². The Labute approximate surface area is 182 Å². The van der Waals surface area contributed by atoms with E-state index in [0.717, 1.165) is 19.3 Å². The molecule has 0 radical (unpaired) electrons. The molecule has 1 amide bonds. The predicted octanol–water partition coefficient (Wildman–Crippen LogP) is 2.81. The molecule has 0 bridgehead atoms. The normalized spacial score (nSPS) is 15.6. The number of para-hydroxylation sites is 1. The lowest BCUT2D eigenvalue weighted by atomic mass is 10.2. The van der Waals surface area contributed by atoms with Gasteiger partial charge in [0.15, 0.2) is 12.7 Å². The van der Waals surface area contributed by atoms with Gasteiger partial charge in [-0.15, -0.1) is 0 Å². The third-order valence-electron chi connectivity index (χ3n) is 4.82. The van der Waals surface area contributed by atoms with Crippen molar-refractivity contribution in [1.29, 1.82) is 0 Å². The zero-order valence-corrected chi connectivity index (χ0v) is 18.1. The molecule has 0 aliphatic carbocycles. The highest BCUT2D eigenvalue weighted by atomic mass is 32.2. The van der Waals surface area contributed by atoms with Gasteiger partial charge in [-0.3, -0.25) is 4.79 Å². The van der Waals surface area contributed by atoms with E-state index in [1.54, 1.807) is 24.3 Å². The number of sulfonamides is 1. The monoisotopic (exact) mass is 446 g/mol. The molecule has 0 spiro atoms. The first-order valence-electron chi connectivity index (χ1n) is 10.1. The van der Waals surface area contributed by atoms with E-state index in [0.29, 0.717) is 24.5 Å². The van der Waals surface area contributed by atoms with Gasteiger partial charge >= 0.3 is 5.97 Å². The average molecular weight is 447 g/mol. The lowest BCUT2D eigenvalue weighted by Crippen LogP contribution is -2.35. The van der Waals surface area contributed by atoms with E-state index < -0.39 is 34.6 Å². The summed E-state index contributed by atoms with van der Waals surface area (Å²) in [4.78, 5) is 24.3. The lowest BCUT2D eigenvalue weighted by molar-refractivity contribution is -0.153. The minimum Gasteiger partial charge on any atom is -0.479 e. The molecule has 0 saturated carbocycles. The molecule has 1 saturated heterocycles. The van der Waals surface area contributed by atoms with Crippen LogP contribution >= 0.6 is 0 Å². The molecule has 166 valence electrons. The van der Waals surface area contributed by atoms with Crippen molar-refractivity contribution in [1.82, 2.24) is 4.31 Å². The van der Waals surface area contributed by atoms with Gasteiger partial charge in [0.05, 0.1) is 4.90 Å². The van der Waals surface area contributed by atoms with Crippen LogP contribution in [-0.4, -0.2) is 50.4 Å². The zero-order chi connectivity index (χ0) is 22.3. The van der Waals surface area contributed by atoms with E-state index in [2.05, 4.69) is 5.32 Å². The third kappa shape index (κ3) is 6.28. The van der Waals surface area contributed by atoms with Crippen molar-refractivity contribution in [2.75, 3.05) is 25.0 Å². The van der Waals surface area contributed by atoms with Gasteiger partial charge in [0.1, 0.15) is 5.75 Å². The van der Waals surface area contributed by atoms with Crippen LogP contribution in [0.1, 0.15) is 26.2 Å². The van der Waals surface area contributed by atoms with Gasteiger partial charge in [0.25, 0.3) is 5.91 Å². The number of anilines is 1. The Hall–Kier alpha value is -2.91. The molecule has 2 aromatic carbocycles. The number of hydrogen-bond donors (Lipinski definition) is 1.